The molecule has 23 heavy (non-hydrogen) atoms. The van der Waals surface area contributed by atoms with Crippen LogP contribution in [-0.4, -0.2) is 52.9 Å². The third kappa shape index (κ3) is 3.96. The number of nitrogens with zero attached hydrogens (tertiary/aromatic N) is 2. The zero-order valence-corrected chi connectivity index (χ0v) is 13.7. The maximum atomic E-state index is 12.5. The first kappa shape index (κ1) is 16.1. The second-order valence-corrected chi connectivity index (χ2v) is 6.36. The van der Waals surface area contributed by atoms with Gasteiger partial charge in [-0.05, 0) is 24.8 Å². The number of carbonyl (C=O) groups is 2. The highest BCUT2D eigenvalue weighted by atomic mass is 35.5. The lowest BCUT2D eigenvalue weighted by molar-refractivity contribution is -0.127. The summed E-state index contributed by atoms with van der Waals surface area (Å²) >= 11 is 5.62. The fourth-order valence-corrected chi connectivity index (χ4v) is 3.19. The Morgan fingerprint density at radius 2 is 1.91 bits per heavy atom. The fourth-order valence-electron chi connectivity index (χ4n) is 3.02. The zero-order valence-electron chi connectivity index (χ0n) is 13.0. The molecule has 1 saturated carbocycles. The molecule has 5 nitrogen and oxygen atoms in total. The van der Waals surface area contributed by atoms with Crippen molar-refractivity contribution in [2.75, 3.05) is 19.0 Å². The summed E-state index contributed by atoms with van der Waals surface area (Å²) < 4.78 is 5.48. The van der Waals surface area contributed by atoms with Crippen molar-refractivity contribution in [1.29, 1.82) is 0 Å². The summed E-state index contributed by atoms with van der Waals surface area (Å²) in [5, 5.41) is 0. The lowest BCUT2D eigenvalue weighted by Gasteiger charge is -2.28. The van der Waals surface area contributed by atoms with Crippen LogP contribution in [0.3, 0.4) is 0 Å². The SMILES string of the molecule is O=C(CCl)N1CC[C@@H](N(C(=O)OCc2ccccc2)C2CC2)C1. The number of hydrogen-bond acceptors (Lipinski definition) is 3. The Morgan fingerprint density at radius 3 is 2.57 bits per heavy atom. The second-order valence-electron chi connectivity index (χ2n) is 6.09. The van der Waals surface area contributed by atoms with Crippen molar-refractivity contribution in [1.82, 2.24) is 9.80 Å². The third-order valence-electron chi connectivity index (χ3n) is 4.38. The highest BCUT2D eigenvalue weighted by molar-refractivity contribution is 6.27. The van der Waals surface area contributed by atoms with E-state index < -0.39 is 0 Å². The number of carbonyl (C=O) groups excluding carboxylic acids is 2. The first-order valence-electron chi connectivity index (χ1n) is 8.02. The molecular weight excluding hydrogens is 316 g/mol. The Hall–Kier alpha value is -1.75. The first-order chi connectivity index (χ1) is 11.2. The van der Waals surface area contributed by atoms with Crippen LogP contribution in [0.15, 0.2) is 30.3 Å². The van der Waals surface area contributed by atoms with Gasteiger partial charge in [0.15, 0.2) is 0 Å². The third-order valence-corrected chi connectivity index (χ3v) is 4.61. The molecule has 1 heterocycles. The minimum absolute atomic E-state index is 0.00535. The Labute approximate surface area is 141 Å². The van der Waals surface area contributed by atoms with Gasteiger partial charge in [0.2, 0.25) is 5.91 Å². The Morgan fingerprint density at radius 1 is 1.17 bits per heavy atom. The monoisotopic (exact) mass is 336 g/mol. The van der Waals surface area contributed by atoms with Crippen LogP contribution in [0.4, 0.5) is 4.79 Å². The number of likely N-dealkylation sites (tertiary alicyclic amines) is 1. The number of hydrogen-bond donors (Lipinski definition) is 0. The Bertz CT molecular complexity index is 562. The zero-order chi connectivity index (χ0) is 16.2. The van der Waals surface area contributed by atoms with Crippen LogP contribution in [0.1, 0.15) is 24.8 Å². The van der Waals surface area contributed by atoms with Gasteiger partial charge in [-0.3, -0.25) is 4.79 Å². The van der Waals surface area contributed by atoms with Crippen molar-refractivity contribution in [2.45, 2.75) is 38.0 Å². The molecule has 3 rings (SSSR count). The van der Waals surface area contributed by atoms with Crippen LogP contribution in [0.2, 0.25) is 0 Å². The van der Waals surface area contributed by atoms with Crippen molar-refractivity contribution in [3.63, 3.8) is 0 Å². The molecule has 2 aliphatic rings. The number of amides is 2. The number of ether oxygens (including phenoxy) is 1. The second kappa shape index (κ2) is 7.21. The van der Waals surface area contributed by atoms with Gasteiger partial charge in [-0.1, -0.05) is 30.3 Å². The predicted molar refractivity (Wildman–Crippen MR) is 87.2 cm³/mol. The van der Waals surface area contributed by atoms with Gasteiger partial charge in [0.25, 0.3) is 0 Å². The quantitative estimate of drug-likeness (QED) is 0.777. The first-order valence-corrected chi connectivity index (χ1v) is 8.55. The molecule has 1 aromatic rings. The van der Waals surface area contributed by atoms with E-state index >= 15 is 0 Å². The average Bonchev–Trinajstić information content (AvgIpc) is 3.29. The maximum absolute atomic E-state index is 12.5. The molecular formula is C17H21ClN2O3. The van der Waals surface area contributed by atoms with E-state index in [1.165, 1.54) is 0 Å². The van der Waals surface area contributed by atoms with Gasteiger partial charge in [-0.2, -0.15) is 0 Å². The van der Waals surface area contributed by atoms with Crippen molar-refractivity contribution in [2.24, 2.45) is 0 Å². The average molecular weight is 337 g/mol. The molecule has 0 spiro atoms. The summed E-state index contributed by atoms with van der Waals surface area (Å²) in [6.07, 6.45) is 2.54. The van der Waals surface area contributed by atoms with E-state index in [4.69, 9.17) is 16.3 Å². The predicted octanol–water partition coefficient (Wildman–Crippen LogP) is 2.63. The Balaban J connectivity index is 1.58. The lowest BCUT2D eigenvalue weighted by atomic mass is 10.2. The van der Waals surface area contributed by atoms with Crippen LogP contribution < -0.4 is 0 Å². The minimum atomic E-state index is -0.276. The summed E-state index contributed by atoms with van der Waals surface area (Å²) in [6, 6.07) is 9.95. The summed E-state index contributed by atoms with van der Waals surface area (Å²) in [6.45, 7) is 1.49. The van der Waals surface area contributed by atoms with E-state index in [1.807, 2.05) is 35.2 Å². The number of rotatable bonds is 5. The smallest absolute Gasteiger partial charge is 0.410 e. The van der Waals surface area contributed by atoms with Crippen molar-refractivity contribution >= 4 is 23.6 Å². The molecule has 0 radical (unpaired) electrons. The Kier molecular flexibility index (Phi) is 5.06. The molecule has 1 aliphatic heterocycles. The van der Waals surface area contributed by atoms with Crippen LogP contribution in [0.5, 0.6) is 0 Å². The van der Waals surface area contributed by atoms with Crippen LogP contribution in [-0.2, 0) is 16.1 Å². The van der Waals surface area contributed by atoms with Gasteiger partial charge in [-0.25, -0.2) is 4.79 Å². The summed E-state index contributed by atoms with van der Waals surface area (Å²) in [4.78, 5) is 27.8. The van der Waals surface area contributed by atoms with Gasteiger partial charge in [0.05, 0.1) is 6.04 Å². The molecule has 124 valence electrons. The normalized spacial score (nSPS) is 20.4. The molecule has 6 heteroatoms. The fraction of sp³-hybridized carbons (Fsp3) is 0.529. The molecule has 0 N–H and O–H groups in total. The highest BCUT2D eigenvalue weighted by Gasteiger charge is 2.41. The van der Waals surface area contributed by atoms with Crippen LogP contribution >= 0.6 is 11.6 Å². The van der Waals surface area contributed by atoms with Gasteiger partial charge in [0.1, 0.15) is 12.5 Å². The molecule has 1 aromatic carbocycles. The maximum Gasteiger partial charge on any atom is 0.410 e. The summed E-state index contributed by atoms with van der Waals surface area (Å²) in [5.41, 5.74) is 0.974. The standard InChI is InChI=1S/C17H21ClN2O3/c18-10-16(21)19-9-8-15(11-19)20(14-6-7-14)17(22)23-12-13-4-2-1-3-5-13/h1-5,14-15H,6-12H2/t15-/m1/s1. The van der Waals surface area contributed by atoms with E-state index in [-0.39, 0.29) is 36.6 Å². The van der Waals surface area contributed by atoms with E-state index in [9.17, 15) is 9.59 Å². The number of benzene rings is 1. The van der Waals surface area contributed by atoms with Gasteiger partial charge in [-0.15, -0.1) is 11.6 Å². The molecule has 2 amide bonds. The largest absolute Gasteiger partial charge is 0.445 e. The van der Waals surface area contributed by atoms with Gasteiger partial charge in [0, 0.05) is 19.1 Å². The molecule has 1 atom stereocenters. The van der Waals surface area contributed by atoms with Crippen molar-refractivity contribution in [3.05, 3.63) is 35.9 Å². The molecule has 1 saturated heterocycles. The van der Waals surface area contributed by atoms with Crippen LogP contribution in [0, 0.1) is 0 Å². The topological polar surface area (TPSA) is 49.9 Å². The molecule has 0 bridgehead atoms. The highest BCUT2D eigenvalue weighted by Crippen LogP contribution is 2.32. The minimum Gasteiger partial charge on any atom is -0.445 e. The van der Waals surface area contributed by atoms with E-state index in [0.717, 1.165) is 24.8 Å². The van der Waals surface area contributed by atoms with Crippen molar-refractivity contribution < 1.29 is 14.3 Å². The van der Waals surface area contributed by atoms with Gasteiger partial charge >= 0.3 is 6.09 Å². The van der Waals surface area contributed by atoms with E-state index in [2.05, 4.69) is 0 Å². The molecule has 1 aliphatic carbocycles. The number of halogens is 1. The number of alkyl halides is 1. The van der Waals surface area contributed by atoms with E-state index in [0.29, 0.717) is 13.1 Å². The lowest BCUT2D eigenvalue weighted by Crippen LogP contribution is -2.44. The summed E-state index contributed by atoms with van der Waals surface area (Å²) in [7, 11) is 0. The molecule has 0 aromatic heterocycles. The van der Waals surface area contributed by atoms with E-state index in [1.54, 1.807) is 4.90 Å². The van der Waals surface area contributed by atoms with Crippen molar-refractivity contribution in [3.8, 4) is 0 Å². The molecule has 2 fully saturated rings. The van der Waals surface area contributed by atoms with Gasteiger partial charge < -0.3 is 14.5 Å². The summed E-state index contributed by atoms with van der Waals surface area (Å²) in [5.74, 6) is -0.0724. The van der Waals surface area contributed by atoms with Crippen LogP contribution in [0.25, 0.3) is 0 Å². The molecule has 0 unspecified atom stereocenters.